The predicted molar refractivity (Wildman–Crippen MR) is 65.5 cm³/mol. The zero-order valence-electron chi connectivity index (χ0n) is 9.69. The summed E-state index contributed by atoms with van der Waals surface area (Å²) < 4.78 is 5.44. The Labute approximate surface area is 97.2 Å². The van der Waals surface area contributed by atoms with E-state index in [2.05, 4.69) is 17.0 Å². The van der Waals surface area contributed by atoms with E-state index in [1.165, 1.54) is 31.5 Å². The van der Waals surface area contributed by atoms with E-state index in [1.807, 2.05) is 12.1 Å². The molecule has 1 saturated heterocycles. The van der Waals surface area contributed by atoms with Crippen molar-refractivity contribution < 1.29 is 4.74 Å². The quantitative estimate of drug-likeness (QED) is 0.819. The highest BCUT2D eigenvalue weighted by Gasteiger charge is 2.11. The van der Waals surface area contributed by atoms with Crippen LogP contribution >= 0.6 is 0 Å². The monoisotopic (exact) mass is 220 g/mol. The van der Waals surface area contributed by atoms with Gasteiger partial charge in [-0.15, -0.1) is 0 Å². The third-order valence-corrected chi connectivity index (χ3v) is 2.91. The van der Waals surface area contributed by atoms with Gasteiger partial charge < -0.3 is 10.5 Å². The molecule has 0 amide bonds. The Morgan fingerprint density at radius 1 is 1.12 bits per heavy atom. The first-order valence-corrected chi connectivity index (χ1v) is 6.02. The summed E-state index contributed by atoms with van der Waals surface area (Å²) in [6.45, 7) is 4.70. The third kappa shape index (κ3) is 3.22. The Morgan fingerprint density at radius 3 is 2.44 bits per heavy atom. The number of hydrogen-bond donors (Lipinski definition) is 1. The summed E-state index contributed by atoms with van der Waals surface area (Å²) in [6, 6.07) is 8.34. The maximum Gasteiger partial charge on any atom is 0.119 e. The van der Waals surface area contributed by atoms with Gasteiger partial charge in [0, 0.05) is 13.1 Å². The fourth-order valence-electron chi connectivity index (χ4n) is 2.07. The molecule has 2 N–H and O–H groups in total. The first-order chi connectivity index (χ1) is 7.88. The van der Waals surface area contributed by atoms with Crippen LogP contribution in [0.25, 0.3) is 0 Å². The van der Waals surface area contributed by atoms with Gasteiger partial charge in [0.1, 0.15) is 12.4 Å². The van der Waals surface area contributed by atoms with Crippen molar-refractivity contribution in [1.82, 2.24) is 4.90 Å². The highest BCUT2D eigenvalue weighted by Crippen LogP contribution is 2.16. The van der Waals surface area contributed by atoms with Gasteiger partial charge in [-0.3, -0.25) is 4.90 Å². The SMILES string of the molecule is NCCOc1ccc(CN2CCCC2)cc1. The molecule has 0 radical (unpaired) electrons. The summed E-state index contributed by atoms with van der Waals surface area (Å²) in [4.78, 5) is 2.50. The van der Waals surface area contributed by atoms with Crippen LogP contribution in [0.15, 0.2) is 24.3 Å². The molecule has 1 fully saturated rings. The zero-order chi connectivity index (χ0) is 11.2. The second kappa shape index (κ2) is 5.87. The van der Waals surface area contributed by atoms with Crippen molar-refractivity contribution in [2.45, 2.75) is 19.4 Å². The molecule has 88 valence electrons. The molecule has 1 aromatic rings. The van der Waals surface area contributed by atoms with Gasteiger partial charge in [0.25, 0.3) is 0 Å². The first kappa shape index (κ1) is 11.4. The Kier molecular flexibility index (Phi) is 4.19. The zero-order valence-corrected chi connectivity index (χ0v) is 9.69. The Balaban J connectivity index is 1.86. The van der Waals surface area contributed by atoms with Crippen LogP contribution in [-0.2, 0) is 6.54 Å². The van der Waals surface area contributed by atoms with Crippen molar-refractivity contribution in [1.29, 1.82) is 0 Å². The Hall–Kier alpha value is -1.06. The molecule has 0 unspecified atom stereocenters. The highest BCUT2D eigenvalue weighted by atomic mass is 16.5. The minimum Gasteiger partial charge on any atom is -0.492 e. The van der Waals surface area contributed by atoms with E-state index < -0.39 is 0 Å². The molecule has 1 heterocycles. The van der Waals surface area contributed by atoms with Gasteiger partial charge in [-0.05, 0) is 43.6 Å². The summed E-state index contributed by atoms with van der Waals surface area (Å²) >= 11 is 0. The van der Waals surface area contributed by atoms with Crippen LogP contribution in [0.2, 0.25) is 0 Å². The number of ether oxygens (including phenoxy) is 1. The average molecular weight is 220 g/mol. The molecule has 3 heteroatoms. The topological polar surface area (TPSA) is 38.5 Å². The summed E-state index contributed by atoms with van der Waals surface area (Å²) in [6.07, 6.45) is 2.69. The summed E-state index contributed by atoms with van der Waals surface area (Å²) in [5, 5.41) is 0. The molecule has 0 bridgehead atoms. The van der Waals surface area contributed by atoms with Crippen LogP contribution in [0.1, 0.15) is 18.4 Å². The summed E-state index contributed by atoms with van der Waals surface area (Å²) in [7, 11) is 0. The van der Waals surface area contributed by atoms with Gasteiger partial charge in [-0.2, -0.15) is 0 Å². The smallest absolute Gasteiger partial charge is 0.119 e. The molecule has 0 spiro atoms. The number of likely N-dealkylation sites (tertiary alicyclic amines) is 1. The fraction of sp³-hybridized carbons (Fsp3) is 0.538. The highest BCUT2D eigenvalue weighted by molar-refractivity contribution is 5.27. The van der Waals surface area contributed by atoms with E-state index in [4.69, 9.17) is 10.5 Å². The van der Waals surface area contributed by atoms with E-state index in [0.717, 1.165) is 12.3 Å². The molecule has 2 rings (SSSR count). The van der Waals surface area contributed by atoms with Crippen molar-refractivity contribution >= 4 is 0 Å². The molecule has 3 nitrogen and oxygen atoms in total. The van der Waals surface area contributed by atoms with Crippen LogP contribution in [0.5, 0.6) is 5.75 Å². The van der Waals surface area contributed by atoms with Crippen LogP contribution in [-0.4, -0.2) is 31.1 Å². The van der Waals surface area contributed by atoms with Crippen molar-refractivity contribution in [3.63, 3.8) is 0 Å². The van der Waals surface area contributed by atoms with Gasteiger partial charge in [0.05, 0.1) is 0 Å². The molecule has 0 atom stereocenters. The molecule has 0 aliphatic carbocycles. The maximum absolute atomic E-state index is 5.44. The third-order valence-electron chi connectivity index (χ3n) is 2.91. The lowest BCUT2D eigenvalue weighted by Crippen LogP contribution is -2.18. The molecule has 0 saturated carbocycles. The number of nitrogens with two attached hydrogens (primary N) is 1. The summed E-state index contributed by atoms with van der Waals surface area (Å²) in [5.41, 5.74) is 6.75. The molecule has 1 aliphatic rings. The minimum absolute atomic E-state index is 0.565. The lowest BCUT2D eigenvalue weighted by molar-refractivity contribution is 0.324. The van der Waals surface area contributed by atoms with Gasteiger partial charge in [0.2, 0.25) is 0 Å². The van der Waals surface area contributed by atoms with E-state index in [1.54, 1.807) is 0 Å². The normalized spacial score (nSPS) is 16.6. The van der Waals surface area contributed by atoms with Gasteiger partial charge in [-0.25, -0.2) is 0 Å². The predicted octanol–water partition coefficient (Wildman–Crippen LogP) is 1.62. The lowest BCUT2D eigenvalue weighted by atomic mass is 10.2. The van der Waals surface area contributed by atoms with Crippen molar-refractivity contribution in [2.75, 3.05) is 26.2 Å². The van der Waals surface area contributed by atoms with Crippen LogP contribution < -0.4 is 10.5 Å². The molecule has 1 aliphatic heterocycles. The van der Waals surface area contributed by atoms with E-state index in [9.17, 15) is 0 Å². The Morgan fingerprint density at radius 2 is 1.81 bits per heavy atom. The van der Waals surface area contributed by atoms with E-state index in [-0.39, 0.29) is 0 Å². The van der Waals surface area contributed by atoms with E-state index in [0.29, 0.717) is 13.2 Å². The maximum atomic E-state index is 5.44. The second-order valence-corrected chi connectivity index (χ2v) is 4.26. The molecule has 0 aromatic heterocycles. The van der Waals surface area contributed by atoms with Crippen LogP contribution in [0.4, 0.5) is 0 Å². The Bertz CT molecular complexity index is 304. The van der Waals surface area contributed by atoms with E-state index >= 15 is 0 Å². The van der Waals surface area contributed by atoms with Crippen LogP contribution in [0, 0.1) is 0 Å². The van der Waals surface area contributed by atoms with Gasteiger partial charge in [0.15, 0.2) is 0 Å². The molecular formula is C13H20N2O. The number of rotatable bonds is 5. The minimum atomic E-state index is 0.565. The van der Waals surface area contributed by atoms with Crippen molar-refractivity contribution in [3.8, 4) is 5.75 Å². The standard InChI is InChI=1S/C13H20N2O/c14-7-10-16-13-5-3-12(4-6-13)11-15-8-1-2-9-15/h3-6H,1-2,7-11,14H2. The van der Waals surface area contributed by atoms with Gasteiger partial charge >= 0.3 is 0 Å². The largest absolute Gasteiger partial charge is 0.492 e. The number of nitrogens with zero attached hydrogens (tertiary/aromatic N) is 1. The number of benzene rings is 1. The molecule has 16 heavy (non-hydrogen) atoms. The van der Waals surface area contributed by atoms with Gasteiger partial charge in [-0.1, -0.05) is 12.1 Å². The molecule has 1 aromatic carbocycles. The lowest BCUT2D eigenvalue weighted by Gasteiger charge is -2.14. The van der Waals surface area contributed by atoms with Crippen molar-refractivity contribution in [3.05, 3.63) is 29.8 Å². The van der Waals surface area contributed by atoms with Crippen LogP contribution in [0.3, 0.4) is 0 Å². The molecular weight excluding hydrogens is 200 g/mol. The van der Waals surface area contributed by atoms with Crippen molar-refractivity contribution in [2.24, 2.45) is 5.73 Å². The second-order valence-electron chi connectivity index (χ2n) is 4.26. The summed E-state index contributed by atoms with van der Waals surface area (Å²) in [5.74, 6) is 0.913. The number of hydrogen-bond acceptors (Lipinski definition) is 3. The fourth-order valence-corrected chi connectivity index (χ4v) is 2.07. The average Bonchev–Trinajstić information content (AvgIpc) is 2.81. The first-order valence-electron chi connectivity index (χ1n) is 6.02.